The van der Waals surface area contributed by atoms with E-state index in [0.29, 0.717) is 6.04 Å². The molecule has 2 nitrogen and oxygen atoms in total. The Morgan fingerprint density at radius 1 is 1.38 bits per heavy atom. The zero-order valence-electron chi connectivity index (χ0n) is 13.8. The maximum Gasteiger partial charge on any atom is 0.0278 e. The second-order valence-corrected chi connectivity index (χ2v) is 7.93. The lowest BCUT2D eigenvalue weighted by atomic mass is 9.90. The highest BCUT2D eigenvalue weighted by atomic mass is 79.9. The third-order valence-corrected chi connectivity index (χ3v) is 5.46. The molecule has 0 bridgehead atoms. The van der Waals surface area contributed by atoms with Gasteiger partial charge in [0.15, 0.2) is 0 Å². The number of hydrogen-bond acceptors (Lipinski definition) is 2. The summed E-state index contributed by atoms with van der Waals surface area (Å²) in [6.07, 6.45) is 2.44. The summed E-state index contributed by atoms with van der Waals surface area (Å²) >= 11 is 3.70. The third kappa shape index (κ3) is 4.54. The Labute approximate surface area is 138 Å². The van der Waals surface area contributed by atoms with Gasteiger partial charge in [0, 0.05) is 35.7 Å². The number of hydrogen-bond donors (Lipinski definition) is 1. The molecule has 0 saturated carbocycles. The van der Waals surface area contributed by atoms with Gasteiger partial charge in [-0.3, -0.25) is 4.90 Å². The largest absolute Gasteiger partial charge is 0.309 e. The molecule has 1 N–H and O–H groups in total. The van der Waals surface area contributed by atoms with Crippen molar-refractivity contribution in [2.24, 2.45) is 5.92 Å². The monoisotopic (exact) mass is 352 g/mol. The molecule has 118 valence electrons. The fraction of sp³-hybridized carbons (Fsp3) is 0.667. The quantitative estimate of drug-likeness (QED) is 0.842. The van der Waals surface area contributed by atoms with Crippen LogP contribution >= 0.6 is 15.9 Å². The van der Waals surface area contributed by atoms with Crippen molar-refractivity contribution in [3.8, 4) is 0 Å². The normalized spacial score (nSPS) is 27.2. The number of halogens is 1. The SMILES string of the molecule is CCC1(C)CN(Cc2ccccc2Br)C(CC(C)C)CN1. The Morgan fingerprint density at radius 2 is 2.10 bits per heavy atom. The molecule has 2 unspecified atom stereocenters. The van der Waals surface area contributed by atoms with Crippen LogP contribution in [0.2, 0.25) is 0 Å². The summed E-state index contributed by atoms with van der Waals surface area (Å²) in [5, 5.41) is 3.78. The summed E-state index contributed by atoms with van der Waals surface area (Å²) in [5.74, 6) is 0.740. The number of nitrogens with one attached hydrogen (secondary N) is 1. The van der Waals surface area contributed by atoms with E-state index in [1.165, 1.54) is 22.9 Å². The van der Waals surface area contributed by atoms with Crippen LogP contribution in [0.1, 0.15) is 46.1 Å². The van der Waals surface area contributed by atoms with Crippen molar-refractivity contribution < 1.29 is 0 Å². The second-order valence-electron chi connectivity index (χ2n) is 7.07. The van der Waals surface area contributed by atoms with Crippen LogP contribution in [0.3, 0.4) is 0 Å². The van der Waals surface area contributed by atoms with E-state index in [0.717, 1.165) is 25.6 Å². The van der Waals surface area contributed by atoms with Gasteiger partial charge in [-0.2, -0.15) is 0 Å². The lowest BCUT2D eigenvalue weighted by molar-refractivity contribution is 0.0663. The standard InChI is InChI=1S/C18H29BrN2/c1-5-18(4)13-21(16(11-20-18)10-14(2)3)12-15-8-6-7-9-17(15)19/h6-9,14,16,20H,5,10-13H2,1-4H3. The lowest BCUT2D eigenvalue weighted by Gasteiger charge is -2.46. The van der Waals surface area contributed by atoms with Crippen molar-refractivity contribution in [3.63, 3.8) is 0 Å². The predicted molar refractivity (Wildman–Crippen MR) is 94.5 cm³/mol. The Balaban J connectivity index is 2.15. The van der Waals surface area contributed by atoms with Gasteiger partial charge < -0.3 is 5.32 Å². The summed E-state index contributed by atoms with van der Waals surface area (Å²) in [4.78, 5) is 2.68. The van der Waals surface area contributed by atoms with E-state index >= 15 is 0 Å². The van der Waals surface area contributed by atoms with E-state index in [1.54, 1.807) is 0 Å². The zero-order valence-corrected chi connectivity index (χ0v) is 15.4. The minimum absolute atomic E-state index is 0.245. The molecule has 1 aromatic carbocycles. The third-order valence-electron chi connectivity index (χ3n) is 4.69. The van der Waals surface area contributed by atoms with Crippen molar-refractivity contribution >= 4 is 15.9 Å². The predicted octanol–water partition coefficient (Wildman–Crippen LogP) is 4.44. The van der Waals surface area contributed by atoms with E-state index < -0.39 is 0 Å². The van der Waals surface area contributed by atoms with Gasteiger partial charge in [-0.05, 0) is 37.3 Å². The van der Waals surface area contributed by atoms with Gasteiger partial charge in [-0.15, -0.1) is 0 Å². The number of rotatable bonds is 5. The van der Waals surface area contributed by atoms with Gasteiger partial charge in [0.25, 0.3) is 0 Å². The van der Waals surface area contributed by atoms with Crippen molar-refractivity contribution in [3.05, 3.63) is 34.3 Å². The molecule has 1 aromatic rings. The number of nitrogens with zero attached hydrogens (tertiary/aromatic N) is 1. The van der Waals surface area contributed by atoms with Gasteiger partial charge >= 0.3 is 0 Å². The molecule has 2 atom stereocenters. The van der Waals surface area contributed by atoms with Gasteiger partial charge in [0.2, 0.25) is 0 Å². The highest BCUT2D eigenvalue weighted by Gasteiger charge is 2.34. The minimum Gasteiger partial charge on any atom is -0.309 e. The van der Waals surface area contributed by atoms with Crippen molar-refractivity contribution in [1.82, 2.24) is 10.2 Å². The molecule has 3 heteroatoms. The van der Waals surface area contributed by atoms with Crippen LogP contribution in [-0.4, -0.2) is 29.6 Å². The van der Waals surface area contributed by atoms with Crippen molar-refractivity contribution in [2.45, 2.75) is 58.7 Å². The molecular formula is C18H29BrN2. The molecule has 0 amide bonds. The summed E-state index contributed by atoms with van der Waals surface area (Å²) < 4.78 is 1.23. The molecule has 1 heterocycles. The molecule has 1 fully saturated rings. The molecule has 0 spiro atoms. The minimum atomic E-state index is 0.245. The van der Waals surface area contributed by atoms with E-state index in [9.17, 15) is 0 Å². The van der Waals surface area contributed by atoms with Crippen LogP contribution in [0.15, 0.2) is 28.7 Å². The summed E-state index contributed by atoms with van der Waals surface area (Å²) in [6.45, 7) is 12.6. The van der Waals surface area contributed by atoms with Crippen LogP contribution in [-0.2, 0) is 6.54 Å². The van der Waals surface area contributed by atoms with Crippen molar-refractivity contribution in [1.29, 1.82) is 0 Å². The smallest absolute Gasteiger partial charge is 0.0278 e. The molecular weight excluding hydrogens is 324 g/mol. The molecule has 0 aliphatic carbocycles. The van der Waals surface area contributed by atoms with Crippen molar-refractivity contribution in [2.75, 3.05) is 13.1 Å². The Bertz CT molecular complexity index is 460. The van der Waals surface area contributed by atoms with Crippen LogP contribution in [0, 0.1) is 5.92 Å². The van der Waals surface area contributed by atoms with E-state index in [4.69, 9.17) is 0 Å². The number of piperazine rings is 1. The first-order valence-electron chi connectivity index (χ1n) is 8.16. The first-order valence-corrected chi connectivity index (χ1v) is 8.95. The van der Waals surface area contributed by atoms with Crippen LogP contribution in [0.25, 0.3) is 0 Å². The van der Waals surface area contributed by atoms with E-state index in [-0.39, 0.29) is 5.54 Å². The van der Waals surface area contributed by atoms with Gasteiger partial charge in [-0.25, -0.2) is 0 Å². The summed E-state index contributed by atoms with van der Waals surface area (Å²) in [6, 6.07) is 9.25. The van der Waals surface area contributed by atoms with Gasteiger partial charge in [0.05, 0.1) is 0 Å². The Morgan fingerprint density at radius 3 is 2.71 bits per heavy atom. The molecule has 1 aliphatic heterocycles. The average Bonchev–Trinajstić information content (AvgIpc) is 2.44. The molecule has 0 radical (unpaired) electrons. The van der Waals surface area contributed by atoms with E-state index in [1.807, 2.05) is 0 Å². The molecule has 0 aromatic heterocycles. The average molecular weight is 353 g/mol. The van der Waals surface area contributed by atoms with Gasteiger partial charge in [-0.1, -0.05) is 54.9 Å². The molecule has 1 saturated heterocycles. The first-order chi connectivity index (χ1) is 9.93. The lowest BCUT2D eigenvalue weighted by Crippen LogP contribution is -2.62. The fourth-order valence-electron chi connectivity index (χ4n) is 3.17. The first kappa shape index (κ1) is 17.0. The Kier molecular flexibility index (Phi) is 5.87. The van der Waals surface area contributed by atoms with Crippen LogP contribution < -0.4 is 5.32 Å². The topological polar surface area (TPSA) is 15.3 Å². The van der Waals surface area contributed by atoms with Gasteiger partial charge in [0.1, 0.15) is 0 Å². The zero-order chi connectivity index (χ0) is 15.5. The van der Waals surface area contributed by atoms with Crippen LogP contribution in [0.5, 0.6) is 0 Å². The molecule has 1 aliphatic rings. The maximum absolute atomic E-state index is 3.78. The number of benzene rings is 1. The van der Waals surface area contributed by atoms with E-state index in [2.05, 4.69) is 78.1 Å². The highest BCUT2D eigenvalue weighted by Crippen LogP contribution is 2.26. The fourth-order valence-corrected chi connectivity index (χ4v) is 3.58. The highest BCUT2D eigenvalue weighted by molar-refractivity contribution is 9.10. The second kappa shape index (κ2) is 7.26. The molecule has 21 heavy (non-hydrogen) atoms. The maximum atomic E-state index is 3.78. The summed E-state index contributed by atoms with van der Waals surface area (Å²) in [7, 11) is 0. The Hall–Kier alpha value is -0.380. The summed E-state index contributed by atoms with van der Waals surface area (Å²) in [5.41, 5.74) is 1.64. The molecule has 2 rings (SSSR count). The van der Waals surface area contributed by atoms with Crippen LogP contribution in [0.4, 0.5) is 0 Å².